The zero-order valence-electron chi connectivity index (χ0n) is 9.61. The van der Waals surface area contributed by atoms with Crippen molar-refractivity contribution in [3.05, 3.63) is 0 Å². The Kier molecular flexibility index (Phi) is 5.05. The molecule has 1 fully saturated rings. The normalized spacial score (nSPS) is 24.9. The predicted octanol–water partition coefficient (Wildman–Crippen LogP) is 0.642. The number of aliphatic hydroxyl groups excluding tert-OH is 1. The lowest BCUT2D eigenvalue weighted by Crippen LogP contribution is -2.47. The molecule has 0 bridgehead atoms. The first-order chi connectivity index (χ1) is 7.19. The van der Waals surface area contributed by atoms with Gasteiger partial charge in [-0.25, -0.2) is 0 Å². The van der Waals surface area contributed by atoms with Gasteiger partial charge in [-0.3, -0.25) is 9.69 Å². The van der Waals surface area contributed by atoms with E-state index in [0.717, 1.165) is 32.4 Å². The van der Waals surface area contributed by atoms with E-state index in [2.05, 4.69) is 4.90 Å². The van der Waals surface area contributed by atoms with E-state index in [0.29, 0.717) is 0 Å². The zero-order chi connectivity index (χ0) is 11.3. The molecule has 1 heterocycles. The predicted molar refractivity (Wildman–Crippen MR) is 57.5 cm³/mol. The van der Waals surface area contributed by atoms with Gasteiger partial charge in [-0.2, -0.15) is 0 Å². The third-order valence-corrected chi connectivity index (χ3v) is 2.94. The minimum absolute atomic E-state index is 0.0993. The molecule has 1 N–H and O–H groups in total. The summed E-state index contributed by atoms with van der Waals surface area (Å²) >= 11 is 0. The summed E-state index contributed by atoms with van der Waals surface area (Å²) < 4.78 is 4.79. The van der Waals surface area contributed by atoms with Gasteiger partial charge < -0.3 is 9.84 Å². The summed E-state index contributed by atoms with van der Waals surface area (Å²) in [6, 6.07) is -0.0993. The van der Waals surface area contributed by atoms with Crippen LogP contribution in [0.15, 0.2) is 0 Å². The van der Waals surface area contributed by atoms with Gasteiger partial charge in [-0.05, 0) is 25.3 Å². The van der Waals surface area contributed by atoms with Crippen molar-refractivity contribution in [2.24, 2.45) is 5.92 Å². The highest BCUT2D eigenvalue weighted by Crippen LogP contribution is 2.19. The van der Waals surface area contributed by atoms with Crippen molar-refractivity contribution in [3.63, 3.8) is 0 Å². The number of carbonyl (C=O) groups is 1. The van der Waals surface area contributed by atoms with Crippen LogP contribution >= 0.6 is 0 Å². The number of ether oxygens (including phenoxy) is 1. The van der Waals surface area contributed by atoms with E-state index in [1.807, 2.05) is 6.92 Å². The van der Waals surface area contributed by atoms with E-state index in [1.165, 1.54) is 7.11 Å². The Bertz CT molecular complexity index is 208. The fraction of sp³-hybridized carbons (Fsp3) is 0.909. The zero-order valence-corrected chi connectivity index (χ0v) is 9.61. The average Bonchev–Trinajstić information content (AvgIpc) is 2.28. The van der Waals surface area contributed by atoms with Crippen LogP contribution in [0.4, 0.5) is 0 Å². The summed E-state index contributed by atoms with van der Waals surface area (Å²) in [7, 11) is 1.44. The molecule has 0 aromatic heterocycles. The molecule has 0 aromatic carbocycles. The van der Waals surface area contributed by atoms with Gasteiger partial charge in [0.2, 0.25) is 0 Å². The van der Waals surface area contributed by atoms with Gasteiger partial charge in [0, 0.05) is 13.2 Å². The highest BCUT2D eigenvalue weighted by molar-refractivity contribution is 5.75. The minimum Gasteiger partial charge on any atom is -0.468 e. The molecule has 0 aliphatic carbocycles. The maximum absolute atomic E-state index is 11.5. The lowest BCUT2D eigenvalue weighted by Gasteiger charge is -2.35. The topological polar surface area (TPSA) is 49.8 Å². The quantitative estimate of drug-likeness (QED) is 0.699. The molecule has 2 atom stereocenters. The highest BCUT2D eigenvalue weighted by Gasteiger charge is 2.29. The molecular weight excluding hydrogens is 194 g/mol. The molecule has 4 heteroatoms. The Hall–Kier alpha value is -0.610. The first-order valence-corrected chi connectivity index (χ1v) is 5.61. The summed E-state index contributed by atoms with van der Waals surface area (Å²) in [6.45, 7) is 3.87. The number of rotatable bonds is 4. The van der Waals surface area contributed by atoms with Crippen LogP contribution in [0, 0.1) is 5.92 Å². The molecule has 88 valence electrons. The smallest absolute Gasteiger partial charge is 0.323 e. The fourth-order valence-electron chi connectivity index (χ4n) is 2.07. The molecule has 0 aromatic rings. The third-order valence-electron chi connectivity index (χ3n) is 2.94. The SMILES string of the molecule is COC(=O)C1CCCCN1CC(C)CO. The number of aliphatic hydroxyl groups is 1. The van der Waals surface area contributed by atoms with Crippen molar-refractivity contribution in [1.82, 2.24) is 4.90 Å². The molecule has 2 unspecified atom stereocenters. The standard InChI is InChI=1S/C11H21NO3/c1-9(8-13)7-12-6-4-3-5-10(12)11(14)15-2/h9-10,13H,3-8H2,1-2H3. The van der Waals surface area contributed by atoms with Crippen LogP contribution in [0.25, 0.3) is 0 Å². The first-order valence-electron chi connectivity index (χ1n) is 5.61. The van der Waals surface area contributed by atoms with Crippen molar-refractivity contribution in [2.45, 2.75) is 32.2 Å². The van der Waals surface area contributed by atoms with E-state index >= 15 is 0 Å². The third kappa shape index (κ3) is 3.47. The van der Waals surface area contributed by atoms with Gasteiger partial charge in [-0.1, -0.05) is 13.3 Å². The van der Waals surface area contributed by atoms with E-state index in [9.17, 15) is 4.79 Å². The maximum Gasteiger partial charge on any atom is 0.323 e. The molecule has 1 saturated heterocycles. The van der Waals surface area contributed by atoms with Gasteiger partial charge >= 0.3 is 5.97 Å². The maximum atomic E-state index is 11.5. The van der Waals surface area contributed by atoms with Crippen molar-refractivity contribution < 1.29 is 14.6 Å². The van der Waals surface area contributed by atoms with Crippen LogP contribution < -0.4 is 0 Å². The van der Waals surface area contributed by atoms with Crippen molar-refractivity contribution in [3.8, 4) is 0 Å². The summed E-state index contributed by atoms with van der Waals surface area (Å²) in [5.41, 5.74) is 0. The number of likely N-dealkylation sites (tertiary alicyclic amines) is 1. The number of esters is 1. The molecule has 15 heavy (non-hydrogen) atoms. The van der Waals surface area contributed by atoms with Crippen LogP contribution in [0.3, 0.4) is 0 Å². The number of hydrogen-bond donors (Lipinski definition) is 1. The second-order valence-electron chi connectivity index (χ2n) is 4.32. The summed E-state index contributed by atoms with van der Waals surface area (Å²) in [4.78, 5) is 13.7. The molecule has 4 nitrogen and oxygen atoms in total. The Morgan fingerprint density at radius 3 is 2.93 bits per heavy atom. The number of nitrogens with zero attached hydrogens (tertiary/aromatic N) is 1. The Balaban J connectivity index is 2.53. The molecule has 1 aliphatic heterocycles. The molecule has 0 spiro atoms. The van der Waals surface area contributed by atoms with Crippen LogP contribution in [0.2, 0.25) is 0 Å². The minimum atomic E-state index is -0.139. The number of piperidine rings is 1. The first kappa shape index (κ1) is 12.5. The van der Waals surface area contributed by atoms with Gasteiger partial charge in [0.1, 0.15) is 6.04 Å². The second kappa shape index (κ2) is 6.08. The van der Waals surface area contributed by atoms with Crippen molar-refractivity contribution >= 4 is 5.97 Å². The summed E-state index contributed by atoms with van der Waals surface area (Å²) in [5, 5.41) is 9.00. The summed E-state index contributed by atoms with van der Waals surface area (Å²) in [5.74, 6) is 0.0788. The van der Waals surface area contributed by atoms with Crippen LogP contribution in [-0.4, -0.2) is 48.8 Å². The van der Waals surface area contributed by atoms with Crippen LogP contribution in [-0.2, 0) is 9.53 Å². The number of methoxy groups -OCH3 is 1. The summed E-state index contributed by atoms with van der Waals surface area (Å²) in [6.07, 6.45) is 3.10. The second-order valence-corrected chi connectivity index (χ2v) is 4.32. The fourth-order valence-corrected chi connectivity index (χ4v) is 2.07. The lowest BCUT2D eigenvalue weighted by atomic mass is 10.0. The van der Waals surface area contributed by atoms with Gasteiger partial charge in [0.25, 0.3) is 0 Å². The Morgan fingerprint density at radius 2 is 2.33 bits per heavy atom. The molecule has 0 saturated carbocycles. The molecule has 0 amide bonds. The lowest BCUT2D eigenvalue weighted by molar-refractivity contribution is -0.148. The van der Waals surface area contributed by atoms with Crippen LogP contribution in [0.5, 0.6) is 0 Å². The van der Waals surface area contributed by atoms with E-state index in [1.54, 1.807) is 0 Å². The molecule has 1 aliphatic rings. The number of hydrogen-bond acceptors (Lipinski definition) is 4. The van der Waals surface area contributed by atoms with E-state index < -0.39 is 0 Å². The van der Waals surface area contributed by atoms with Crippen molar-refractivity contribution in [2.75, 3.05) is 26.8 Å². The molecule has 1 rings (SSSR count). The Labute approximate surface area is 91.2 Å². The Morgan fingerprint density at radius 1 is 1.60 bits per heavy atom. The van der Waals surface area contributed by atoms with Gasteiger partial charge in [0.15, 0.2) is 0 Å². The largest absolute Gasteiger partial charge is 0.468 e. The van der Waals surface area contributed by atoms with Gasteiger partial charge in [-0.15, -0.1) is 0 Å². The highest BCUT2D eigenvalue weighted by atomic mass is 16.5. The monoisotopic (exact) mass is 215 g/mol. The average molecular weight is 215 g/mol. The molecular formula is C11H21NO3. The van der Waals surface area contributed by atoms with Gasteiger partial charge in [0.05, 0.1) is 7.11 Å². The molecule has 0 radical (unpaired) electrons. The van der Waals surface area contributed by atoms with E-state index in [4.69, 9.17) is 9.84 Å². The number of carbonyl (C=O) groups excluding carboxylic acids is 1. The van der Waals surface area contributed by atoms with Crippen molar-refractivity contribution in [1.29, 1.82) is 0 Å². The van der Waals surface area contributed by atoms with Crippen LogP contribution in [0.1, 0.15) is 26.2 Å². The van der Waals surface area contributed by atoms with E-state index in [-0.39, 0.29) is 24.5 Å².